The number of halogens is 3. The molecule has 0 bridgehead atoms. The maximum Gasteiger partial charge on any atom is 0.438 e. The van der Waals surface area contributed by atoms with E-state index < -0.39 is 18.3 Å². The van der Waals surface area contributed by atoms with E-state index in [0.717, 1.165) is 10.8 Å². The van der Waals surface area contributed by atoms with Gasteiger partial charge in [0.2, 0.25) is 5.95 Å². The molecule has 1 aliphatic heterocycles. The van der Waals surface area contributed by atoms with Crippen molar-refractivity contribution in [1.82, 2.24) is 9.97 Å². The molecule has 0 saturated heterocycles. The molecule has 9 heteroatoms. The Labute approximate surface area is 158 Å². The van der Waals surface area contributed by atoms with E-state index in [0.29, 0.717) is 16.3 Å². The fourth-order valence-electron chi connectivity index (χ4n) is 3.32. The van der Waals surface area contributed by atoms with Gasteiger partial charge in [0, 0.05) is 17.3 Å². The van der Waals surface area contributed by atoms with Crippen LogP contribution in [0.2, 0.25) is 0 Å². The second-order valence-corrected chi connectivity index (χ2v) is 6.60. The van der Waals surface area contributed by atoms with Crippen LogP contribution in [0.25, 0.3) is 10.8 Å². The number of aryl methyl sites for hydroxylation is 1. The average molecular weight is 387 g/mol. The van der Waals surface area contributed by atoms with Crippen LogP contribution in [-0.4, -0.2) is 32.7 Å². The molecule has 2 aromatic carbocycles. The predicted octanol–water partition coefficient (Wildman–Crippen LogP) is 3.39. The highest BCUT2D eigenvalue weighted by Gasteiger charge is 2.62. The van der Waals surface area contributed by atoms with Crippen molar-refractivity contribution in [3.8, 4) is 0 Å². The standard InChI is InChI=1S/C19H16F3N5O/c1-11-9-16(25-17(23)24-11)27-18(28,19(20,21)22)10-15(26-27)14-8-4-6-12-5-2-3-7-13(12)14/h2-9,28H,10H2,1H3,(H2,23,24,25). The van der Waals surface area contributed by atoms with Gasteiger partial charge in [-0.05, 0) is 17.7 Å². The smallest absolute Gasteiger partial charge is 0.368 e. The predicted molar refractivity (Wildman–Crippen MR) is 99.8 cm³/mol. The van der Waals surface area contributed by atoms with Crippen molar-refractivity contribution in [2.45, 2.75) is 25.2 Å². The Balaban J connectivity index is 1.90. The first-order chi connectivity index (χ1) is 13.2. The third-order valence-electron chi connectivity index (χ3n) is 4.61. The number of nitrogens with two attached hydrogens (primary N) is 1. The van der Waals surface area contributed by atoms with Gasteiger partial charge >= 0.3 is 6.18 Å². The number of nitrogens with zero attached hydrogens (tertiary/aromatic N) is 4. The lowest BCUT2D eigenvalue weighted by Gasteiger charge is -2.33. The van der Waals surface area contributed by atoms with Gasteiger partial charge < -0.3 is 10.8 Å². The molecule has 6 nitrogen and oxygen atoms in total. The highest BCUT2D eigenvalue weighted by atomic mass is 19.4. The summed E-state index contributed by atoms with van der Waals surface area (Å²) in [5.41, 5.74) is 3.32. The third-order valence-corrected chi connectivity index (χ3v) is 4.61. The highest BCUT2D eigenvalue weighted by Crippen LogP contribution is 2.43. The van der Waals surface area contributed by atoms with Crippen LogP contribution in [0.4, 0.5) is 24.9 Å². The van der Waals surface area contributed by atoms with Crippen LogP contribution in [0.3, 0.4) is 0 Å². The molecule has 0 radical (unpaired) electrons. The molecule has 1 aliphatic rings. The molecule has 3 aromatic rings. The summed E-state index contributed by atoms with van der Waals surface area (Å²) < 4.78 is 41.5. The molecule has 144 valence electrons. The van der Waals surface area contributed by atoms with Gasteiger partial charge in [-0.25, -0.2) is 9.99 Å². The second kappa shape index (κ2) is 6.16. The lowest BCUT2D eigenvalue weighted by Crippen LogP contribution is -2.55. The number of aromatic nitrogens is 2. The van der Waals surface area contributed by atoms with Crippen molar-refractivity contribution >= 4 is 28.3 Å². The molecular formula is C19H16F3N5O. The monoisotopic (exact) mass is 387 g/mol. The topological polar surface area (TPSA) is 87.6 Å². The minimum Gasteiger partial charge on any atom is -0.368 e. The highest BCUT2D eigenvalue weighted by molar-refractivity contribution is 6.12. The molecular weight excluding hydrogens is 371 g/mol. The number of alkyl halides is 3. The molecule has 1 aromatic heterocycles. The Hall–Kier alpha value is -3.20. The van der Waals surface area contributed by atoms with Crippen LogP contribution in [-0.2, 0) is 0 Å². The zero-order valence-electron chi connectivity index (χ0n) is 14.8. The van der Waals surface area contributed by atoms with E-state index in [9.17, 15) is 18.3 Å². The average Bonchev–Trinajstić information content (AvgIpc) is 2.99. The summed E-state index contributed by atoms with van der Waals surface area (Å²) >= 11 is 0. The number of nitrogen functional groups attached to an aromatic ring is 1. The first kappa shape index (κ1) is 18.2. The molecule has 0 amide bonds. The molecule has 0 spiro atoms. The molecule has 1 atom stereocenters. The first-order valence-electron chi connectivity index (χ1n) is 8.45. The van der Waals surface area contributed by atoms with E-state index in [1.807, 2.05) is 18.2 Å². The summed E-state index contributed by atoms with van der Waals surface area (Å²) in [4.78, 5) is 7.70. The molecule has 0 saturated carbocycles. The maximum atomic E-state index is 13.8. The summed E-state index contributed by atoms with van der Waals surface area (Å²) in [6.07, 6.45) is -5.72. The van der Waals surface area contributed by atoms with Crippen molar-refractivity contribution in [3.63, 3.8) is 0 Å². The number of fused-ring (bicyclic) bond motifs is 1. The second-order valence-electron chi connectivity index (χ2n) is 6.60. The van der Waals surface area contributed by atoms with Gasteiger partial charge in [0.1, 0.15) is 0 Å². The first-order valence-corrected chi connectivity index (χ1v) is 8.45. The number of hydrogen-bond donors (Lipinski definition) is 2. The van der Waals surface area contributed by atoms with E-state index in [-0.39, 0.29) is 17.5 Å². The molecule has 0 aliphatic carbocycles. The van der Waals surface area contributed by atoms with Crippen molar-refractivity contribution in [3.05, 3.63) is 59.8 Å². The van der Waals surface area contributed by atoms with E-state index in [1.165, 1.54) is 6.07 Å². The van der Waals surface area contributed by atoms with E-state index in [1.54, 1.807) is 31.2 Å². The maximum absolute atomic E-state index is 13.8. The molecule has 1 unspecified atom stereocenters. The zero-order valence-corrected chi connectivity index (χ0v) is 14.8. The number of aliphatic hydroxyl groups is 1. The number of hydrazone groups is 1. The Morgan fingerprint density at radius 3 is 2.54 bits per heavy atom. The Kier molecular flexibility index (Phi) is 4.00. The van der Waals surface area contributed by atoms with E-state index in [2.05, 4.69) is 15.1 Å². The summed E-state index contributed by atoms with van der Waals surface area (Å²) in [5.74, 6) is -0.423. The SMILES string of the molecule is Cc1cc(N2N=C(c3cccc4ccccc34)CC2(O)C(F)(F)F)nc(N)n1. The summed E-state index contributed by atoms with van der Waals surface area (Å²) in [6.45, 7) is 1.57. The lowest BCUT2D eigenvalue weighted by molar-refractivity contribution is -0.254. The summed E-state index contributed by atoms with van der Waals surface area (Å²) in [6, 6.07) is 13.9. The Morgan fingerprint density at radius 2 is 1.82 bits per heavy atom. The van der Waals surface area contributed by atoms with Crippen LogP contribution in [0.1, 0.15) is 17.7 Å². The van der Waals surface area contributed by atoms with Crippen molar-refractivity contribution < 1.29 is 18.3 Å². The Morgan fingerprint density at radius 1 is 1.11 bits per heavy atom. The minimum atomic E-state index is -4.98. The van der Waals surface area contributed by atoms with Crippen LogP contribution < -0.4 is 10.7 Å². The molecule has 4 rings (SSSR count). The number of benzene rings is 2. The van der Waals surface area contributed by atoms with Gasteiger partial charge in [-0.2, -0.15) is 23.3 Å². The van der Waals surface area contributed by atoms with Crippen LogP contribution in [0.15, 0.2) is 53.6 Å². The molecule has 0 fully saturated rings. The van der Waals surface area contributed by atoms with Crippen LogP contribution in [0.5, 0.6) is 0 Å². The Bertz CT molecular complexity index is 1070. The largest absolute Gasteiger partial charge is 0.438 e. The number of anilines is 2. The van der Waals surface area contributed by atoms with Gasteiger partial charge in [0.05, 0.1) is 12.1 Å². The quantitative estimate of drug-likeness (QED) is 0.704. The van der Waals surface area contributed by atoms with Gasteiger partial charge in [-0.1, -0.05) is 42.5 Å². The van der Waals surface area contributed by atoms with Crippen molar-refractivity contribution in [1.29, 1.82) is 0 Å². The zero-order chi connectivity index (χ0) is 20.1. The summed E-state index contributed by atoms with van der Waals surface area (Å²) in [5, 5.41) is 16.8. The van der Waals surface area contributed by atoms with Crippen LogP contribution in [0, 0.1) is 6.92 Å². The molecule has 2 heterocycles. The fraction of sp³-hybridized carbons (Fsp3) is 0.211. The summed E-state index contributed by atoms with van der Waals surface area (Å²) in [7, 11) is 0. The minimum absolute atomic E-state index is 0.103. The van der Waals surface area contributed by atoms with Crippen molar-refractivity contribution in [2.24, 2.45) is 5.10 Å². The third kappa shape index (κ3) is 2.84. The lowest BCUT2D eigenvalue weighted by atomic mass is 9.96. The van der Waals surface area contributed by atoms with Gasteiger partial charge in [-0.15, -0.1) is 0 Å². The molecule has 28 heavy (non-hydrogen) atoms. The molecule has 3 N–H and O–H groups in total. The number of hydrogen-bond acceptors (Lipinski definition) is 6. The van der Waals surface area contributed by atoms with Crippen molar-refractivity contribution in [2.75, 3.05) is 10.7 Å². The fourth-order valence-corrected chi connectivity index (χ4v) is 3.32. The van der Waals surface area contributed by atoms with Gasteiger partial charge in [0.15, 0.2) is 5.82 Å². The van der Waals surface area contributed by atoms with E-state index >= 15 is 0 Å². The van der Waals surface area contributed by atoms with Crippen LogP contribution >= 0.6 is 0 Å². The van der Waals surface area contributed by atoms with E-state index in [4.69, 9.17) is 5.73 Å². The van der Waals surface area contributed by atoms with Gasteiger partial charge in [-0.3, -0.25) is 0 Å². The number of rotatable bonds is 2. The van der Waals surface area contributed by atoms with Gasteiger partial charge in [0.25, 0.3) is 5.72 Å². The normalized spacial score (nSPS) is 19.9.